The second kappa shape index (κ2) is 8.55. The maximum Gasteiger partial charge on any atom is 0.413 e. The Morgan fingerprint density at radius 2 is 1.62 bits per heavy atom. The van der Waals surface area contributed by atoms with E-state index in [-0.39, 0.29) is 16.8 Å². The van der Waals surface area contributed by atoms with Gasteiger partial charge in [-0.25, -0.2) is 18.6 Å². The highest BCUT2D eigenvalue weighted by molar-refractivity contribution is 6.12. The number of halogens is 2. The Kier molecular flexibility index (Phi) is 5.64. The van der Waals surface area contributed by atoms with Gasteiger partial charge in [0.05, 0.1) is 23.9 Å². The summed E-state index contributed by atoms with van der Waals surface area (Å²) < 4.78 is 32.5. The molecule has 0 bridgehead atoms. The van der Waals surface area contributed by atoms with Gasteiger partial charge in [-0.05, 0) is 42.3 Å². The summed E-state index contributed by atoms with van der Waals surface area (Å²) in [6.45, 7) is 1.67. The van der Waals surface area contributed by atoms with Gasteiger partial charge in [-0.2, -0.15) is 0 Å². The van der Waals surface area contributed by atoms with Crippen LogP contribution >= 0.6 is 0 Å². The number of aromatic nitrogens is 1. The minimum absolute atomic E-state index is 0.119. The van der Waals surface area contributed by atoms with E-state index < -0.39 is 17.8 Å². The number of pyridine rings is 1. The average molecular weight is 432 g/mol. The minimum atomic E-state index is -0.924. The molecule has 5 nitrogen and oxygen atoms in total. The quantitative estimate of drug-likeness (QED) is 0.454. The molecule has 0 atom stereocenters. The molecule has 0 spiro atoms. The Morgan fingerprint density at radius 3 is 2.31 bits per heavy atom. The number of hydrogen-bond acceptors (Lipinski definition) is 4. The minimum Gasteiger partial charge on any atom is -0.453 e. The lowest BCUT2D eigenvalue weighted by molar-refractivity contribution is 0.0938. The monoisotopic (exact) mass is 432 g/mol. The van der Waals surface area contributed by atoms with Gasteiger partial charge in [0.1, 0.15) is 11.6 Å². The van der Waals surface area contributed by atoms with Crippen LogP contribution in [0.1, 0.15) is 15.9 Å². The van der Waals surface area contributed by atoms with E-state index in [1.165, 1.54) is 24.3 Å². The average Bonchev–Trinajstić information content (AvgIpc) is 2.79. The number of benzene rings is 3. The summed E-state index contributed by atoms with van der Waals surface area (Å²) in [7, 11) is 1.14. The molecule has 32 heavy (non-hydrogen) atoms. The molecule has 1 N–H and O–H groups in total. The molecule has 0 aliphatic rings. The van der Waals surface area contributed by atoms with Crippen LogP contribution in [-0.4, -0.2) is 24.1 Å². The number of alkyl carbamates (subject to hydrolysis) is 1. The van der Waals surface area contributed by atoms with Crippen LogP contribution in [0.5, 0.6) is 0 Å². The van der Waals surface area contributed by atoms with Crippen LogP contribution in [0, 0.1) is 18.6 Å². The molecular weight excluding hydrogens is 414 g/mol. The first-order chi connectivity index (χ1) is 15.4. The van der Waals surface area contributed by atoms with Gasteiger partial charge in [0.2, 0.25) is 0 Å². The molecule has 4 rings (SSSR count). The standard InChI is InChI=1S/C25H18F2N2O3/c1-14-22(24(30)29-25(31)32-2)19-13-17(26)11-12-21(19)28-23(14)16-9-7-15(8-10-16)18-5-3-4-6-20(18)27/h3-13H,1-2H3,(H,29,30,31). The van der Waals surface area contributed by atoms with Crippen molar-refractivity contribution in [1.29, 1.82) is 0 Å². The number of carbonyl (C=O) groups is 2. The fraction of sp³-hybridized carbons (Fsp3) is 0.0800. The van der Waals surface area contributed by atoms with E-state index in [4.69, 9.17) is 0 Å². The van der Waals surface area contributed by atoms with E-state index in [0.29, 0.717) is 33.5 Å². The molecule has 0 aliphatic carbocycles. The highest BCUT2D eigenvalue weighted by Gasteiger charge is 2.21. The third-order valence-electron chi connectivity index (χ3n) is 5.16. The zero-order valence-corrected chi connectivity index (χ0v) is 17.3. The Labute approximate surface area is 182 Å². The van der Waals surface area contributed by atoms with E-state index in [1.54, 1.807) is 49.4 Å². The number of amides is 2. The molecule has 2 amide bonds. The van der Waals surface area contributed by atoms with Gasteiger partial charge in [-0.1, -0.05) is 42.5 Å². The van der Waals surface area contributed by atoms with Crippen molar-refractivity contribution in [2.75, 3.05) is 7.11 Å². The van der Waals surface area contributed by atoms with Crippen LogP contribution in [0.25, 0.3) is 33.3 Å². The predicted molar refractivity (Wildman–Crippen MR) is 117 cm³/mol. The normalized spacial score (nSPS) is 10.8. The summed E-state index contributed by atoms with van der Waals surface area (Å²) in [5.74, 6) is -1.59. The Bertz CT molecular complexity index is 1350. The number of hydrogen-bond donors (Lipinski definition) is 1. The predicted octanol–water partition coefficient (Wildman–Crippen LogP) is 5.65. The van der Waals surface area contributed by atoms with Crippen molar-refractivity contribution < 1.29 is 23.1 Å². The lowest BCUT2D eigenvalue weighted by atomic mass is 9.95. The largest absolute Gasteiger partial charge is 0.453 e. The number of ether oxygens (including phenoxy) is 1. The molecule has 1 heterocycles. The van der Waals surface area contributed by atoms with Gasteiger partial charge in [0, 0.05) is 16.5 Å². The van der Waals surface area contributed by atoms with Crippen LogP contribution < -0.4 is 5.32 Å². The second-order valence-corrected chi connectivity index (χ2v) is 7.12. The zero-order valence-electron chi connectivity index (χ0n) is 17.3. The molecule has 160 valence electrons. The second-order valence-electron chi connectivity index (χ2n) is 7.12. The first kappa shape index (κ1) is 21.1. The van der Waals surface area contributed by atoms with Gasteiger partial charge in [-0.3, -0.25) is 10.1 Å². The van der Waals surface area contributed by atoms with Crippen molar-refractivity contribution >= 4 is 22.9 Å². The molecule has 4 aromatic rings. The van der Waals surface area contributed by atoms with Crippen LogP contribution in [0.4, 0.5) is 13.6 Å². The van der Waals surface area contributed by atoms with Crippen molar-refractivity contribution in [3.05, 3.63) is 89.5 Å². The van der Waals surface area contributed by atoms with Crippen molar-refractivity contribution in [1.82, 2.24) is 10.3 Å². The number of methoxy groups -OCH3 is 1. The van der Waals surface area contributed by atoms with Crippen molar-refractivity contribution in [2.24, 2.45) is 0 Å². The number of nitrogens with zero attached hydrogens (tertiary/aromatic N) is 1. The van der Waals surface area contributed by atoms with Gasteiger partial charge in [0.15, 0.2) is 0 Å². The first-order valence-electron chi connectivity index (χ1n) is 9.73. The molecule has 0 saturated carbocycles. The van der Waals surface area contributed by atoms with Crippen molar-refractivity contribution in [3.8, 4) is 22.4 Å². The van der Waals surface area contributed by atoms with Crippen LogP contribution in [0.2, 0.25) is 0 Å². The first-order valence-corrected chi connectivity index (χ1v) is 9.73. The molecule has 0 unspecified atom stereocenters. The molecule has 0 saturated heterocycles. The van der Waals surface area contributed by atoms with Gasteiger partial charge < -0.3 is 4.74 Å². The Hall–Kier alpha value is -4.13. The lowest BCUT2D eigenvalue weighted by Gasteiger charge is -2.15. The van der Waals surface area contributed by atoms with Crippen molar-refractivity contribution in [3.63, 3.8) is 0 Å². The van der Waals surface area contributed by atoms with Crippen LogP contribution in [-0.2, 0) is 4.74 Å². The molecule has 0 fully saturated rings. The molecule has 0 aliphatic heterocycles. The van der Waals surface area contributed by atoms with E-state index in [9.17, 15) is 18.4 Å². The molecule has 1 aromatic heterocycles. The smallest absolute Gasteiger partial charge is 0.413 e. The fourth-order valence-corrected chi connectivity index (χ4v) is 3.61. The zero-order chi connectivity index (χ0) is 22.8. The summed E-state index contributed by atoms with van der Waals surface area (Å²) >= 11 is 0. The van der Waals surface area contributed by atoms with Crippen LogP contribution in [0.15, 0.2) is 66.7 Å². The fourth-order valence-electron chi connectivity index (χ4n) is 3.61. The molecule has 7 heteroatoms. The molecule has 3 aromatic carbocycles. The highest BCUT2D eigenvalue weighted by Crippen LogP contribution is 2.32. The summed E-state index contributed by atoms with van der Waals surface area (Å²) in [6.07, 6.45) is -0.924. The van der Waals surface area contributed by atoms with Crippen LogP contribution in [0.3, 0.4) is 0 Å². The Balaban J connectivity index is 1.85. The maximum absolute atomic E-state index is 14.1. The number of rotatable bonds is 3. The topological polar surface area (TPSA) is 68.3 Å². The van der Waals surface area contributed by atoms with E-state index in [2.05, 4.69) is 15.0 Å². The molecule has 0 radical (unpaired) electrons. The summed E-state index contributed by atoms with van der Waals surface area (Å²) in [4.78, 5) is 29.0. The highest BCUT2D eigenvalue weighted by atomic mass is 19.1. The summed E-state index contributed by atoms with van der Waals surface area (Å²) in [5.41, 5.74) is 3.29. The van der Waals surface area contributed by atoms with E-state index >= 15 is 0 Å². The lowest BCUT2D eigenvalue weighted by Crippen LogP contribution is -2.31. The van der Waals surface area contributed by atoms with E-state index in [0.717, 1.165) is 7.11 Å². The van der Waals surface area contributed by atoms with Gasteiger partial charge in [0.25, 0.3) is 5.91 Å². The number of nitrogens with one attached hydrogen (secondary N) is 1. The molecular formula is C25H18F2N2O3. The third kappa shape index (κ3) is 3.92. The maximum atomic E-state index is 14.1. The number of imide groups is 1. The SMILES string of the molecule is COC(=O)NC(=O)c1c(C)c(-c2ccc(-c3ccccc3F)cc2)nc2ccc(F)cc12. The van der Waals surface area contributed by atoms with Gasteiger partial charge >= 0.3 is 6.09 Å². The number of carbonyl (C=O) groups excluding carboxylic acids is 2. The van der Waals surface area contributed by atoms with E-state index in [1.807, 2.05) is 0 Å². The summed E-state index contributed by atoms with van der Waals surface area (Å²) in [5, 5.41) is 2.40. The third-order valence-corrected chi connectivity index (χ3v) is 5.16. The van der Waals surface area contributed by atoms with Gasteiger partial charge in [-0.15, -0.1) is 0 Å². The summed E-state index contributed by atoms with van der Waals surface area (Å²) in [6, 6.07) is 17.4. The number of fused-ring (bicyclic) bond motifs is 1. The Morgan fingerprint density at radius 1 is 0.938 bits per heavy atom. The van der Waals surface area contributed by atoms with Crippen molar-refractivity contribution in [2.45, 2.75) is 6.92 Å².